The van der Waals surface area contributed by atoms with Crippen molar-refractivity contribution < 1.29 is 4.79 Å². The van der Waals surface area contributed by atoms with E-state index in [-0.39, 0.29) is 5.91 Å². The molecule has 0 unspecified atom stereocenters. The molecule has 5 heteroatoms. The molecule has 1 N–H and O–H groups in total. The van der Waals surface area contributed by atoms with Crippen LogP contribution in [-0.2, 0) is 6.54 Å². The minimum atomic E-state index is -0.00805. The first kappa shape index (κ1) is 17.0. The Morgan fingerprint density at radius 2 is 2.27 bits per heavy atom. The van der Waals surface area contributed by atoms with Gasteiger partial charge in [-0.15, -0.1) is 0 Å². The molecule has 2 heterocycles. The average molecular weight is 306 g/mol. The van der Waals surface area contributed by atoms with Crippen molar-refractivity contribution in [2.45, 2.75) is 53.0 Å². The minimum absolute atomic E-state index is 0.00805. The molecule has 1 amide bonds. The average Bonchev–Trinajstić information content (AvgIpc) is 2.92. The molecule has 22 heavy (non-hydrogen) atoms. The molecule has 1 atom stereocenters. The Morgan fingerprint density at radius 3 is 2.91 bits per heavy atom. The zero-order valence-electron chi connectivity index (χ0n) is 14.4. The van der Waals surface area contributed by atoms with Crippen LogP contribution in [0.15, 0.2) is 6.07 Å². The number of piperidine rings is 1. The van der Waals surface area contributed by atoms with Gasteiger partial charge in [-0.25, -0.2) is 0 Å². The molecule has 1 aromatic heterocycles. The zero-order chi connectivity index (χ0) is 16.1. The molecule has 0 aromatic carbocycles. The van der Waals surface area contributed by atoms with Crippen LogP contribution in [0.25, 0.3) is 0 Å². The monoisotopic (exact) mass is 306 g/mol. The van der Waals surface area contributed by atoms with Gasteiger partial charge in [-0.3, -0.25) is 9.48 Å². The number of rotatable bonds is 6. The summed E-state index contributed by atoms with van der Waals surface area (Å²) in [5.41, 5.74) is 1.66. The SMILES string of the molecule is CCn1nc(C(C)C)cc1C(=O)NCCN1CCC[C@@H](C)C1. The summed E-state index contributed by atoms with van der Waals surface area (Å²) in [5.74, 6) is 1.11. The van der Waals surface area contributed by atoms with Crippen LogP contribution in [0.4, 0.5) is 0 Å². The van der Waals surface area contributed by atoms with Gasteiger partial charge in [-0.05, 0) is 44.2 Å². The third-order valence-corrected chi connectivity index (χ3v) is 4.38. The molecule has 2 rings (SSSR count). The van der Waals surface area contributed by atoms with E-state index in [1.54, 1.807) is 4.68 Å². The fraction of sp³-hybridized carbons (Fsp3) is 0.765. The maximum absolute atomic E-state index is 12.4. The van der Waals surface area contributed by atoms with Crippen molar-refractivity contribution >= 4 is 5.91 Å². The van der Waals surface area contributed by atoms with Crippen LogP contribution in [0.5, 0.6) is 0 Å². The molecule has 1 fully saturated rings. The van der Waals surface area contributed by atoms with Gasteiger partial charge in [0.05, 0.1) is 5.69 Å². The molecule has 1 aliphatic rings. The summed E-state index contributed by atoms with van der Waals surface area (Å²) in [5, 5.41) is 7.55. The summed E-state index contributed by atoms with van der Waals surface area (Å²) in [6.07, 6.45) is 2.60. The van der Waals surface area contributed by atoms with Crippen LogP contribution < -0.4 is 5.32 Å². The second-order valence-electron chi connectivity index (χ2n) is 6.73. The van der Waals surface area contributed by atoms with E-state index < -0.39 is 0 Å². The Morgan fingerprint density at radius 1 is 1.50 bits per heavy atom. The first-order valence-electron chi connectivity index (χ1n) is 8.59. The van der Waals surface area contributed by atoms with Crippen molar-refractivity contribution in [1.29, 1.82) is 0 Å². The molecule has 124 valence electrons. The zero-order valence-corrected chi connectivity index (χ0v) is 14.4. The molecule has 0 radical (unpaired) electrons. The Bertz CT molecular complexity index is 495. The van der Waals surface area contributed by atoms with Gasteiger partial charge < -0.3 is 10.2 Å². The largest absolute Gasteiger partial charge is 0.349 e. The summed E-state index contributed by atoms with van der Waals surface area (Å²) < 4.78 is 1.80. The van der Waals surface area contributed by atoms with Gasteiger partial charge in [0.2, 0.25) is 0 Å². The van der Waals surface area contributed by atoms with E-state index in [2.05, 4.69) is 36.1 Å². The van der Waals surface area contributed by atoms with Crippen LogP contribution in [0.2, 0.25) is 0 Å². The molecule has 0 bridgehead atoms. The Balaban J connectivity index is 1.86. The van der Waals surface area contributed by atoms with E-state index in [4.69, 9.17) is 0 Å². The predicted octanol–water partition coefficient (Wildman–Crippen LogP) is 2.49. The lowest BCUT2D eigenvalue weighted by molar-refractivity contribution is 0.0933. The summed E-state index contributed by atoms with van der Waals surface area (Å²) >= 11 is 0. The van der Waals surface area contributed by atoms with Crippen molar-refractivity contribution in [3.05, 3.63) is 17.5 Å². The number of carbonyl (C=O) groups is 1. The summed E-state index contributed by atoms with van der Waals surface area (Å²) in [6, 6.07) is 1.92. The van der Waals surface area contributed by atoms with Crippen molar-refractivity contribution in [2.75, 3.05) is 26.2 Å². The van der Waals surface area contributed by atoms with Crippen molar-refractivity contribution in [3.63, 3.8) is 0 Å². The van der Waals surface area contributed by atoms with Gasteiger partial charge in [0.25, 0.3) is 5.91 Å². The van der Waals surface area contributed by atoms with Crippen LogP contribution >= 0.6 is 0 Å². The quantitative estimate of drug-likeness (QED) is 0.878. The second-order valence-corrected chi connectivity index (χ2v) is 6.73. The van der Waals surface area contributed by atoms with Gasteiger partial charge in [-0.1, -0.05) is 20.8 Å². The van der Waals surface area contributed by atoms with Crippen LogP contribution in [0.1, 0.15) is 62.6 Å². The second kappa shape index (κ2) is 7.77. The standard InChI is InChI=1S/C17H30N4O/c1-5-21-16(11-15(19-21)13(2)3)17(22)18-8-10-20-9-6-7-14(4)12-20/h11,13-14H,5-10,12H2,1-4H3,(H,18,22)/t14-/m1/s1. The van der Waals surface area contributed by atoms with E-state index in [9.17, 15) is 4.79 Å². The number of amides is 1. The first-order chi connectivity index (χ1) is 10.5. The maximum Gasteiger partial charge on any atom is 0.269 e. The molecule has 0 saturated carbocycles. The van der Waals surface area contributed by atoms with Gasteiger partial charge in [0.15, 0.2) is 0 Å². The maximum atomic E-state index is 12.4. The number of carbonyl (C=O) groups excluding carboxylic acids is 1. The number of hydrogen-bond acceptors (Lipinski definition) is 3. The number of hydrogen-bond donors (Lipinski definition) is 1. The lowest BCUT2D eigenvalue weighted by Gasteiger charge is -2.30. The smallest absolute Gasteiger partial charge is 0.269 e. The minimum Gasteiger partial charge on any atom is -0.349 e. The number of aryl methyl sites for hydroxylation is 1. The molecule has 5 nitrogen and oxygen atoms in total. The molecular weight excluding hydrogens is 276 g/mol. The van der Waals surface area contributed by atoms with E-state index in [0.717, 1.165) is 37.8 Å². The highest BCUT2D eigenvalue weighted by Gasteiger charge is 2.18. The molecular formula is C17H30N4O. The molecule has 1 aromatic rings. The first-order valence-corrected chi connectivity index (χ1v) is 8.59. The topological polar surface area (TPSA) is 50.2 Å². The molecule has 1 saturated heterocycles. The Hall–Kier alpha value is -1.36. The van der Waals surface area contributed by atoms with Crippen LogP contribution in [0.3, 0.4) is 0 Å². The van der Waals surface area contributed by atoms with Gasteiger partial charge in [-0.2, -0.15) is 5.10 Å². The van der Waals surface area contributed by atoms with Crippen molar-refractivity contribution in [2.24, 2.45) is 5.92 Å². The number of likely N-dealkylation sites (tertiary alicyclic amines) is 1. The summed E-state index contributed by atoms with van der Waals surface area (Å²) in [7, 11) is 0. The Kier molecular flexibility index (Phi) is 6.00. The fourth-order valence-corrected chi connectivity index (χ4v) is 3.05. The predicted molar refractivity (Wildman–Crippen MR) is 89.2 cm³/mol. The lowest BCUT2D eigenvalue weighted by atomic mass is 10.0. The summed E-state index contributed by atoms with van der Waals surface area (Å²) in [4.78, 5) is 14.8. The van der Waals surface area contributed by atoms with Crippen LogP contribution in [-0.4, -0.2) is 46.8 Å². The third kappa shape index (κ3) is 4.32. The van der Waals surface area contributed by atoms with Crippen molar-refractivity contribution in [1.82, 2.24) is 20.0 Å². The van der Waals surface area contributed by atoms with E-state index in [1.807, 2.05) is 13.0 Å². The molecule has 0 aliphatic carbocycles. The van der Waals surface area contributed by atoms with Crippen molar-refractivity contribution in [3.8, 4) is 0 Å². The number of aromatic nitrogens is 2. The van der Waals surface area contributed by atoms with E-state index >= 15 is 0 Å². The van der Waals surface area contributed by atoms with E-state index in [1.165, 1.54) is 12.8 Å². The van der Waals surface area contributed by atoms with E-state index in [0.29, 0.717) is 18.2 Å². The van der Waals surface area contributed by atoms with Crippen LogP contribution in [0, 0.1) is 5.92 Å². The highest BCUT2D eigenvalue weighted by Crippen LogP contribution is 2.15. The third-order valence-electron chi connectivity index (χ3n) is 4.38. The van der Waals surface area contributed by atoms with Gasteiger partial charge in [0.1, 0.15) is 5.69 Å². The van der Waals surface area contributed by atoms with Gasteiger partial charge in [0, 0.05) is 26.2 Å². The Labute approximate surface area is 134 Å². The highest BCUT2D eigenvalue weighted by molar-refractivity contribution is 5.92. The molecule has 0 spiro atoms. The fourth-order valence-electron chi connectivity index (χ4n) is 3.05. The normalized spacial score (nSPS) is 19.6. The molecule has 1 aliphatic heterocycles. The number of nitrogens with one attached hydrogen (secondary N) is 1. The van der Waals surface area contributed by atoms with Gasteiger partial charge >= 0.3 is 0 Å². The highest BCUT2D eigenvalue weighted by atomic mass is 16.2. The lowest BCUT2D eigenvalue weighted by Crippen LogP contribution is -2.40. The number of nitrogens with zero attached hydrogens (tertiary/aromatic N) is 3. The summed E-state index contributed by atoms with van der Waals surface area (Å²) in [6.45, 7) is 13.2.